The molecule has 2 aliphatic rings. The molecule has 0 bridgehead atoms. The van der Waals surface area contributed by atoms with Crippen molar-refractivity contribution in [2.75, 3.05) is 33.9 Å². The summed E-state index contributed by atoms with van der Waals surface area (Å²) >= 11 is 0. The highest BCUT2D eigenvalue weighted by atomic mass is 16.5. The maximum atomic E-state index is 9.55. The molecule has 19 heavy (non-hydrogen) atoms. The zero-order chi connectivity index (χ0) is 13.5. The average molecular weight is 258 g/mol. The van der Waals surface area contributed by atoms with E-state index in [2.05, 4.69) is 30.1 Å². The molecular weight excluding hydrogens is 240 g/mol. The lowest BCUT2D eigenvalue weighted by Crippen LogP contribution is -2.53. The van der Waals surface area contributed by atoms with Gasteiger partial charge < -0.3 is 9.47 Å². The van der Waals surface area contributed by atoms with Crippen LogP contribution in [0.3, 0.4) is 0 Å². The fourth-order valence-corrected chi connectivity index (χ4v) is 3.18. The first-order valence-corrected chi connectivity index (χ1v) is 6.56. The van der Waals surface area contributed by atoms with Crippen molar-refractivity contribution < 1.29 is 9.47 Å². The molecule has 2 aliphatic heterocycles. The highest BCUT2D eigenvalue weighted by Crippen LogP contribution is 2.46. The third kappa shape index (κ3) is 1.81. The van der Waals surface area contributed by atoms with Gasteiger partial charge in [-0.05, 0) is 36.7 Å². The Labute approximate surface area is 113 Å². The molecule has 0 spiro atoms. The maximum absolute atomic E-state index is 9.55. The standard InChI is InChI=1S/C15H18N2O2/c1-17-6-5-11-7-12(18-2)3-4-13(11)14(17)15(8-16)9-19-10-15/h3-4,7,14H,5-6,9-10H2,1-2H3. The van der Waals surface area contributed by atoms with Gasteiger partial charge in [-0.15, -0.1) is 0 Å². The minimum absolute atomic E-state index is 0.126. The van der Waals surface area contributed by atoms with E-state index in [1.165, 1.54) is 11.1 Å². The predicted octanol–water partition coefficient (Wildman–Crippen LogP) is 1.76. The monoisotopic (exact) mass is 258 g/mol. The van der Waals surface area contributed by atoms with Crippen molar-refractivity contribution in [2.45, 2.75) is 12.5 Å². The van der Waals surface area contributed by atoms with Gasteiger partial charge in [-0.2, -0.15) is 5.26 Å². The molecule has 0 aliphatic carbocycles. The van der Waals surface area contributed by atoms with E-state index < -0.39 is 5.41 Å². The van der Waals surface area contributed by atoms with Gasteiger partial charge in [-0.3, -0.25) is 4.90 Å². The summed E-state index contributed by atoms with van der Waals surface area (Å²) in [4.78, 5) is 2.28. The van der Waals surface area contributed by atoms with E-state index in [-0.39, 0.29) is 6.04 Å². The minimum atomic E-state index is -0.390. The largest absolute Gasteiger partial charge is 0.497 e. The summed E-state index contributed by atoms with van der Waals surface area (Å²) in [5.74, 6) is 0.887. The van der Waals surface area contributed by atoms with Gasteiger partial charge in [-0.25, -0.2) is 0 Å². The SMILES string of the molecule is COc1ccc2c(c1)CCN(C)C2C1(C#N)COC1. The summed E-state index contributed by atoms with van der Waals surface area (Å²) in [5, 5.41) is 9.55. The molecule has 0 saturated carbocycles. The van der Waals surface area contributed by atoms with E-state index in [1.54, 1.807) is 7.11 Å². The van der Waals surface area contributed by atoms with Crippen LogP contribution in [-0.2, 0) is 11.2 Å². The number of ether oxygens (including phenoxy) is 2. The van der Waals surface area contributed by atoms with Crippen LogP contribution in [0.1, 0.15) is 17.2 Å². The van der Waals surface area contributed by atoms with Crippen LogP contribution in [0, 0.1) is 16.7 Å². The Hall–Kier alpha value is -1.57. The van der Waals surface area contributed by atoms with E-state index >= 15 is 0 Å². The lowest BCUT2D eigenvalue weighted by molar-refractivity contribution is -0.120. The smallest absolute Gasteiger partial charge is 0.123 e. The Morgan fingerprint density at radius 2 is 2.26 bits per heavy atom. The van der Waals surface area contributed by atoms with Gasteiger partial charge in [0.2, 0.25) is 0 Å². The van der Waals surface area contributed by atoms with Crippen molar-refractivity contribution in [1.82, 2.24) is 4.90 Å². The molecule has 1 aromatic carbocycles. The highest BCUT2D eigenvalue weighted by Gasteiger charge is 2.50. The van der Waals surface area contributed by atoms with Gasteiger partial charge in [0, 0.05) is 6.54 Å². The number of nitrogens with zero attached hydrogens (tertiary/aromatic N) is 2. The zero-order valence-electron chi connectivity index (χ0n) is 11.3. The van der Waals surface area contributed by atoms with E-state index in [1.807, 2.05) is 6.07 Å². The molecule has 0 amide bonds. The third-order valence-corrected chi connectivity index (χ3v) is 4.28. The van der Waals surface area contributed by atoms with Crippen LogP contribution in [0.5, 0.6) is 5.75 Å². The molecule has 1 atom stereocenters. The van der Waals surface area contributed by atoms with E-state index in [0.717, 1.165) is 18.7 Å². The molecule has 4 heteroatoms. The molecule has 4 nitrogen and oxygen atoms in total. The van der Waals surface area contributed by atoms with Gasteiger partial charge in [0.1, 0.15) is 11.2 Å². The number of rotatable bonds is 2. The Morgan fingerprint density at radius 3 is 2.84 bits per heavy atom. The summed E-state index contributed by atoms with van der Waals surface area (Å²) in [6.45, 7) is 2.03. The Balaban J connectivity index is 2.04. The van der Waals surface area contributed by atoms with Gasteiger partial charge in [0.05, 0.1) is 32.4 Å². The van der Waals surface area contributed by atoms with Crippen LogP contribution in [0.2, 0.25) is 0 Å². The lowest BCUT2D eigenvalue weighted by Gasteiger charge is -2.48. The molecule has 0 radical (unpaired) electrons. The Morgan fingerprint density at radius 1 is 1.47 bits per heavy atom. The predicted molar refractivity (Wildman–Crippen MR) is 70.9 cm³/mol. The van der Waals surface area contributed by atoms with Crippen LogP contribution in [0.4, 0.5) is 0 Å². The molecule has 2 heterocycles. The maximum Gasteiger partial charge on any atom is 0.123 e. The van der Waals surface area contributed by atoms with Gasteiger partial charge in [-0.1, -0.05) is 6.07 Å². The molecule has 1 fully saturated rings. The van der Waals surface area contributed by atoms with E-state index in [9.17, 15) is 5.26 Å². The van der Waals surface area contributed by atoms with Gasteiger partial charge in [0.25, 0.3) is 0 Å². The first-order valence-electron chi connectivity index (χ1n) is 6.56. The molecule has 1 saturated heterocycles. The summed E-state index contributed by atoms with van der Waals surface area (Å²) in [6.07, 6.45) is 1.00. The van der Waals surface area contributed by atoms with Crippen molar-refractivity contribution in [3.63, 3.8) is 0 Å². The van der Waals surface area contributed by atoms with Crippen molar-refractivity contribution in [3.8, 4) is 11.8 Å². The second-order valence-corrected chi connectivity index (χ2v) is 5.46. The molecular formula is C15H18N2O2. The van der Waals surface area contributed by atoms with Crippen molar-refractivity contribution in [1.29, 1.82) is 5.26 Å². The van der Waals surface area contributed by atoms with Crippen molar-refractivity contribution in [3.05, 3.63) is 29.3 Å². The quantitative estimate of drug-likeness (QED) is 0.811. The van der Waals surface area contributed by atoms with Crippen molar-refractivity contribution in [2.24, 2.45) is 5.41 Å². The number of benzene rings is 1. The average Bonchev–Trinajstić information content (AvgIpc) is 2.40. The second kappa shape index (κ2) is 4.52. The fourth-order valence-electron chi connectivity index (χ4n) is 3.18. The summed E-state index contributed by atoms with van der Waals surface area (Å²) < 4.78 is 10.6. The zero-order valence-corrected chi connectivity index (χ0v) is 11.3. The Bertz CT molecular complexity index is 531. The van der Waals surface area contributed by atoms with E-state index in [4.69, 9.17) is 9.47 Å². The molecule has 1 unspecified atom stereocenters. The summed E-state index contributed by atoms with van der Waals surface area (Å²) in [5.41, 5.74) is 2.15. The first kappa shape index (κ1) is 12.5. The minimum Gasteiger partial charge on any atom is -0.497 e. The van der Waals surface area contributed by atoms with Gasteiger partial charge >= 0.3 is 0 Å². The summed E-state index contributed by atoms with van der Waals surface area (Å²) in [7, 11) is 3.78. The number of hydrogen-bond acceptors (Lipinski definition) is 4. The third-order valence-electron chi connectivity index (χ3n) is 4.28. The molecule has 0 aromatic heterocycles. The summed E-state index contributed by atoms with van der Waals surface area (Å²) in [6, 6.07) is 8.79. The number of fused-ring (bicyclic) bond motifs is 1. The number of likely N-dealkylation sites (N-methyl/N-ethyl adjacent to an activating group) is 1. The first-order chi connectivity index (χ1) is 9.20. The Kier molecular flexibility index (Phi) is 2.96. The van der Waals surface area contributed by atoms with Crippen LogP contribution >= 0.6 is 0 Å². The van der Waals surface area contributed by atoms with Crippen LogP contribution in [-0.4, -0.2) is 38.8 Å². The lowest BCUT2D eigenvalue weighted by atomic mass is 9.73. The molecule has 1 aromatic rings. The molecule has 100 valence electrons. The second-order valence-electron chi connectivity index (χ2n) is 5.46. The highest BCUT2D eigenvalue weighted by molar-refractivity contribution is 5.41. The van der Waals surface area contributed by atoms with Crippen LogP contribution in [0.25, 0.3) is 0 Å². The topological polar surface area (TPSA) is 45.5 Å². The number of nitriles is 1. The van der Waals surface area contributed by atoms with Crippen LogP contribution in [0.15, 0.2) is 18.2 Å². The molecule has 0 N–H and O–H groups in total. The number of hydrogen-bond donors (Lipinski definition) is 0. The van der Waals surface area contributed by atoms with Gasteiger partial charge in [0.15, 0.2) is 0 Å². The fraction of sp³-hybridized carbons (Fsp3) is 0.533. The normalized spacial score (nSPS) is 25.0. The number of methoxy groups -OCH3 is 1. The van der Waals surface area contributed by atoms with Crippen molar-refractivity contribution >= 4 is 0 Å². The molecule has 3 rings (SSSR count). The van der Waals surface area contributed by atoms with Crippen LogP contribution < -0.4 is 4.74 Å². The van der Waals surface area contributed by atoms with E-state index in [0.29, 0.717) is 13.2 Å².